The third-order valence-corrected chi connectivity index (χ3v) is 3.30. The van der Waals surface area contributed by atoms with Gasteiger partial charge in [-0.2, -0.15) is 0 Å². The number of aliphatic hydroxyl groups excluding tert-OH is 1. The summed E-state index contributed by atoms with van der Waals surface area (Å²) in [7, 11) is 0. The summed E-state index contributed by atoms with van der Waals surface area (Å²) in [6.07, 6.45) is -0.990. The molecule has 7 heteroatoms. The second-order valence-electron chi connectivity index (χ2n) is 4.30. The highest BCUT2D eigenvalue weighted by atomic mass is 35.5. The lowest BCUT2D eigenvalue weighted by Crippen LogP contribution is -2.40. The zero-order chi connectivity index (χ0) is 14.2. The fourth-order valence-corrected chi connectivity index (χ4v) is 2.27. The van der Waals surface area contributed by atoms with Crippen molar-refractivity contribution in [3.63, 3.8) is 0 Å². The third-order valence-electron chi connectivity index (χ3n) is 3.01. The normalized spacial score (nSPS) is 22.6. The monoisotopic (exact) mass is 287 g/mol. The Bertz CT molecular complexity index is 536. The number of carbonyl (C=O) groups excluding carboxylic acids is 1. The van der Waals surface area contributed by atoms with E-state index in [1.807, 2.05) is 0 Å². The molecule has 1 aliphatic heterocycles. The molecule has 102 valence electrons. The van der Waals surface area contributed by atoms with Crippen LogP contribution in [0, 0.1) is 5.82 Å². The van der Waals surface area contributed by atoms with E-state index < -0.39 is 29.8 Å². The van der Waals surface area contributed by atoms with Crippen molar-refractivity contribution in [2.45, 2.75) is 18.6 Å². The maximum atomic E-state index is 13.7. The molecule has 2 atom stereocenters. The summed E-state index contributed by atoms with van der Waals surface area (Å²) in [5.41, 5.74) is -0.298. The summed E-state index contributed by atoms with van der Waals surface area (Å²) >= 11 is 5.58. The average Bonchev–Trinajstić information content (AvgIpc) is 2.74. The Morgan fingerprint density at radius 2 is 2.11 bits per heavy atom. The quantitative estimate of drug-likeness (QED) is 0.855. The SMILES string of the molecule is O=C(O)[C@@H]1C[C@@H](O)CN1C(=O)c1cccc(Cl)c1F. The van der Waals surface area contributed by atoms with Gasteiger partial charge in [0.1, 0.15) is 6.04 Å². The van der Waals surface area contributed by atoms with Crippen molar-refractivity contribution in [1.29, 1.82) is 0 Å². The Morgan fingerprint density at radius 1 is 1.42 bits per heavy atom. The van der Waals surface area contributed by atoms with Crippen LogP contribution in [0.25, 0.3) is 0 Å². The van der Waals surface area contributed by atoms with Crippen molar-refractivity contribution in [2.75, 3.05) is 6.54 Å². The molecule has 1 saturated heterocycles. The topological polar surface area (TPSA) is 77.8 Å². The van der Waals surface area contributed by atoms with Crippen LogP contribution in [-0.2, 0) is 4.79 Å². The highest BCUT2D eigenvalue weighted by molar-refractivity contribution is 6.31. The van der Waals surface area contributed by atoms with Crippen LogP contribution in [0.4, 0.5) is 4.39 Å². The van der Waals surface area contributed by atoms with Crippen molar-refractivity contribution < 1.29 is 24.2 Å². The second-order valence-corrected chi connectivity index (χ2v) is 4.71. The van der Waals surface area contributed by atoms with Gasteiger partial charge in [0.2, 0.25) is 0 Å². The summed E-state index contributed by atoms with van der Waals surface area (Å²) < 4.78 is 13.7. The standard InChI is InChI=1S/C12H11ClFNO4/c13-8-3-1-2-7(10(8)14)11(17)15-5-6(16)4-9(15)12(18)19/h1-3,6,9,16H,4-5H2,(H,18,19)/t6-,9+/m1/s1. The van der Waals surface area contributed by atoms with Gasteiger partial charge >= 0.3 is 5.97 Å². The van der Waals surface area contributed by atoms with Gasteiger partial charge in [-0.15, -0.1) is 0 Å². The summed E-state index contributed by atoms with van der Waals surface area (Å²) in [6, 6.07) is 2.77. The zero-order valence-electron chi connectivity index (χ0n) is 9.72. The lowest BCUT2D eigenvalue weighted by Gasteiger charge is -2.21. The number of carboxylic acid groups (broad SMARTS) is 1. The number of hydrogen-bond acceptors (Lipinski definition) is 3. The number of aliphatic carboxylic acids is 1. The lowest BCUT2D eigenvalue weighted by atomic mass is 10.1. The van der Waals surface area contributed by atoms with Gasteiger partial charge < -0.3 is 15.1 Å². The predicted octanol–water partition coefficient (Wildman–Crippen LogP) is 1.14. The van der Waals surface area contributed by atoms with Crippen molar-refractivity contribution >= 4 is 23.5 Å². The molecule has 0 radical (unpaired) electrons. The van der Waals surface area contributed by atoms with Crippen LogP contribution in [0.2, 0.25) is 5.02 Å². The molecule has 1 aliphatic rings. The maximum absolute atomic E-state index is 13.7. The van der Waals surface area contributed by atoms with Crippen LogP contribution in [0.3, 0.4) is 0 Å². The molecule has 1 aromatic rings. The predicted molar refractivity (Wildman–Crippen MR) is 64.5 cm³/mol. The maximum Gasteiger partial charge on any atom is 0.326 e. The van der Waals surface area contributed by atoms with Crippen molar-refractivity contribution in [3.8, 4) is 0 Å². The molecular weight excluding hydrogens is 277 g/mol. The van der Waals surface area contributed by atoms with Gasteiger partial charge in [-0.25, -0.2) is 9.18 Å². The fraction of sp³-hybridized carbons (Fsp3) is 0.333. The first-order valence-corrected chi connectivity index (χ1v) is 5.95. The van der Waals surface area contributed by atoms with E-state index in [2.05, 4.69) is 0 Å². The Hall–Kier alpha value is -1.66. The van der Waals surface area contributed by atoms with Crippen molar-refractivity contribution in [2.24, 2.45) is 0 Å². The average molecular weight is 288 g/mol. The molecule has 2 N–H and O–H groups in total. The number of carboxylic acids is 1. The summed E-state index contributed by atoms with van der Waals surface area (Å²) in [5.74, 6) is -2.91. The molecule has 0 aromatic heterocycles. The number of benzene rings is 1. The summed E-state index contributed by atoms with van der Waals surface area (Å²) in [6.45, 7) is -0.137. The Balaban J connectivity index is 2.33. The Labute approximate surface area is 113 Å². The number of amides is 1. The van der Waals surface area contributed by atoms with Gasteiger partial charge in [-0.1, -0.05) is 17.7 Å². The molecule has 5 nitrogen and oxygen atoms in total. The first-order valence-electron chi connectivity index (χ1n) is 5.57. The molecule has 0 saturated carbocycles. The number of nitrogens with zero attached hydrogens (tertiary/aromatic N) is 1. The number of hydrogen-bond donors (Lipinski definition) is 2. The molecule has 0 aliphatic carbocycles. The highest BCUT2D eigenvalue weighted by Gasteiger charge is 2.39. The molecule has 1 heterocycles. The van der Waals surface area contributed by atoms with Crippen LogP contribution < -0.4 is 0 Å². The Kier molecular flexibility index (Phi) is 3.73. The van der Waals surface area contributed by atoms with Crippen molar-refractivity contribution in [3.05, 3.63) is 34.6 Å². The second kappa shape index (κ2) is 5.14. The van der Waals surface area contributed by atoms with Crippen LogP contribution in [0.15, 0.2) is 18.2 Å². The first-order chi connectivity index (χ1) is 8.91. The van der Waals surface area contributed by atoms with E-state index >= 15 is 0 Å². The van der Waals surface area contributed by atoms with Crippen LogP contribution >= 0.6 is 11.6 Å². The minimum absolute atomic E-state index is 0.0662. The van der Waals surface area contributed by atoms with Gasteiger partial charge in [0.05, 0.1) is 16.7 Å². The molecule has 0 unspecified atom stereocenters. The summed E-state index contributed by atoms with van der Waals surface area (Å²) in [4.78, 5) is 24.1. The van der Waals surface area contributed by atoms with Gasteiger partial charge in [-0.05, 0) is 12.1 Å². The van der Waals surface area contributed by atoms with E-state index in [9.17, 15) is 19.1 Å². The van der Waals surface area contributed by atoms with Gasteiger partial charge in [-0.3, -0.25) is 4.79 Å². The van der Waals surface area contributed by atoms with Gasteiger partial charge in [0.15, 0.2) is 5.82 Å². The summed E-state index contributed by atoms with van der Waals surface area (Å²) in [5, 5.41) is 18.2. The van der Waals surface area contributed by atoms with Crippen LogP contribution in [-0.4, -0.2) is 45.7 Å². The minimum Gasteiger partial charge on any atom is -0.480 e. The zero-order valence-corrected chi connectivity index (χ0v) is 10.5. The number of β-amino-alcohol motifs (C(OH)–C–C–N with tert-alkyl or cyclic N) is 1. The fourth-order valence-electron chi connectivity index (χ4n) is 2.10. The number of halogens is 2. The van der Waals surface area contributed by atoms with Gasteiger partial charge in [0, 0.05) is 13.0 Å². The molecule has 2 rings (SSSR count). The van der Waals surface area contributed by atoms with Crippen LogP contribution in [0.1, 0.15) is 16.8 Å². The molecular formula is C12H11ClFNO4. The molecule has 1 aromatic carbocycles. The molecule has 1 amide bonds. The Morgan fingerprint density at radius 3 is 2.74 bits per heavy atom. The number of carbonyl (C=O) groups is 2. The third kappa shape index (κ3) is 2.54. The van der Waals surface area contributed by atoms with E-state index in [-0.39, 0.29) is 23.6 Å². The van der Waals surface area contributed by atoms with Crippen LogP contribution in [0.5, 0.6) is 0 Å². The molecule has 19 heavy (non-hydrogen) atoms. The van der Waals surface area contributed by atoms with E-state index in [0.717, 1.165) is 4.90 Å². The number of likely N-dealkylation sites (tertiary alicyclic amines) is 1. The van der Waals surface area contributed by atoms with E-state index in [1.165, 1.54) is 18.2 Å². The lowest BCUT2D eigenvalue weighted by molar-refractivity contribution is -0.141. The van der Waals surface area contributed by atoms with E-state index in [1.54, 1.807) is 0 Å². The van der Waals surface area contributed by atoms with Crippen molar-refractivity contribution in [1.82, 2.24) is 4.90 Å². The van der Waals surface area contributed by atoms with Gasteiger partial charge in [0.25, 0.3) is 5.91 Å². The molecule has 0 spiro atoms. The minimum atomic E-state index is -1.23. The smallest absolute Gasteiger partial charge is 0.326 e. The molecule has 0 bridgehead atoms. The number of aliphatic hydroxyl groups is 1. The van der Waals surface area contributed by atoms with E-state index in [4.69, 9.17) is 16.7 Å². The number of rotatable bonds is 2. The van der Waals surface area contributed by atoms with E-state index in [0.29, 0.717) is 0 Å². The first kappa shape index (κ1) is 13.8. The highest BCUT2D eigenvalue weighted by Crippen LogP contribution is 2.24. The largest absolute Gasteiger partial charge is 0.480 e. The molecule has 1 fully saturated rings.